The maximum absolute atomic E-state index is 11.9. The van der Waals surface area contributed by atoms with Gasteiger partial charge in [-0.25, -0.2) is 14.3 Å². The summed E-state index contributed by atoms with van der Waals surface area (Å²) in [6, 6.07) is 9.52. The van der Waals surface area contributed by atoms with Crippen molar-refractivity contribution in [3.63, 3.8) is 0 Å². The molecule has 1 aromatic carbocycles. The molecule has 32 heavy (non-hydrogen) atoms. The third-order valence-electron chi connectivity index (χ3n) is 6.02. The minimum absolute atomic E-state index is 0.0292. The number of aliphatic hydroxyl groups is 1. The average molecular weight is 431 g/mol. The third-order valence-corrected chi connectivity index (χ3v) is 6.02. The number of esters is 1. The zero-order valence-electron chi connectivity index (χ0n) is 17.2. The van der Waals surface area contributed by atoms with Gasteiger partial charge in [0.15, 0.2) is 5.82 Å². The molecule has 1 saturated heterocycles. The van der Waals surface area contributed by atoms with Gasteiger partial charge in [-0.05, 0) is 37.1 Å². The van der Waals surface area contributed by atoms with Crippen molar-refractivity contribution in [2.75, 3.05) is 23.4 Å². The summed E-state index contributed by atoms with van der Waals surface area (Å²) in [5, 5.41) is 17.6. The fourth-order valence-electron chi connectivity index (χ4n) is 4.34. The van der Waals surface area contributed by atoms with Crippen LogP contribution in [0.5, 0.6) is 0 Å². The molecule has 6 rings (SSSR count). The van der Waals surface area contributed by atoms with Crippen molar-refractivity contribution in [1.82, 2.24) is 24.1 Å². The molecule has 10 nitrogen and oxygen atoms in total. The third kappa shape index (κ3) is 3.07. The Kier molecular flexibility index (Phi) is 4.32. The number of cyclic esters (lactones) is 1. The molecule has 2 N–H and O–H groups in total. The van der Waals surface area contributed by atoms with Crippen molar-refractivity contribution < 1.29 is 14.6 Å². The molecule has 1 atom stereocenters. The molecule has 0 spiro atoms. The van der Waals surface area contributed by atoms with Crippen LogP contribution < -0.4 is 10.2 Å². The Labute approximate surface area is 183 Å². The van der Waals surface area contributed by atoms with Gasteiger partial charge in [-0.2, -0.15) is 4.98 Å². The SMILES string of the molecule is O=C1OCc2ccc(-n3cnc(Nc4nc(N5CCCC5CO)nn5cccc45)c3)cc21. The molecule has 3 aromatic heterocycles. The minimum atomic E-state index is -0.299. The molecule has 2 aliphatic rings. The number of benzene rings is 1. The molecule has 0 radical (unpaired) electrons. The first kappa shape index (κ1) is 18.8. The number of aliphatic hydroxyl groups excluding tert-OH is 1. The number of nitrogens with zero attached hydrogens (tertiary/aromatic N) is 6. The number of carbonyl (C=O) groups excluding carboxylic acids is 1. The quantitative estimate of drug-likeness (QED) is 0.463. The van der Waals surface area contributed by atoms with E-state index in [-0.39, 0.29) is 18.6 Å². The molecule has 0 saturated carbocycles. The van der Waals surface area contributed by atoms with Crippen LogP contribution in [0.1, 0.15) is 28.8 Å². The maximum Gasteiger partial charge on any atom is 0.338 e. The number of anilines is 3. The van der Waals surface area contributed by atoms with E-state index in [2.05, 4.69) is 15.4 Å². The first-order chi connectivity index (χ1) is 15.7. The topological polar surface area (TPSA) is 110 Å². The molecule has 5 heterocycles. The second kappa shape index (κ2) is 7.34. The van der Waals surface area contributed by atoms with Gasteiger partial charge in [0.2, 0.25) is 5.95 Å². The average Bonchev–Trinajstić information content (AvgIpc) is 3.60. The Morgan fingerprint density at radius 3 is 3.12 bits per heavy atom. The Bertz CT molecular complexity index is 1330. The van der Waals surface area contributed by atoms with Crippen LogP contribution in [0, 0.1) is 0 Å². The van der Waals surface area contributed by atoms with Crippen LogP contribution in [0.3, 0.4) is 0 Å². The van der Waals surface area contributed by atoms with Gasteiger partial charge in [0.05, 0.1) is 24.4 Å². The van der Waals surface area contributed by atoms with E-state index < -0.39 is 0 Å². The molecular weight excluding hydrogens is 410 g/mol. The van der Waals surface area contributed by atoms with Gasteiger partial charge in [0, 0.05) is 24.0 Å². The lowest BCUT2D eigenvalue weighted by atomic mass is 10.1. The summed E-state index contributed by atoms with van der Waals surface area (Å²) >= 11 is 0. The fraction of sp³-hybridized carbons (Fsp3) is 0.273. The summed E-state index contributed by atoms with van der Waals surface area (Å²) < 4.78 is 8.71. The van der Waals surface area contributed by atoms with Gasteiger partial charge in [-0.1, -0.05) is 6.07 Å². The second-order valence-electron chi connectivity index (χ2n) is 7.98. The van der Waals surface area contributed by atoms with Crippen LogP contribution in [0.4, 0.5) is 17.6 Å². The van der Waals surface area contributed by atoms with Gasteiger partial charge < -0.3 is 24.6 Å². The largest absolute Gasteiger partial charge is 0.457 e. The zero-order chi connectivity index (χ0) is 21.7. The molecule has 1 unspecified atom stereocenters. The Balaban J connectivity index is 1.32. The molecule has 0 bridgehead atoms. The highest BCUT2D eigenvalue weighted by atomic mass is 16.5. The number of hydrogen-bond acceptors (Lipinski definition) is 8. The summed E-state index contributed by atoms with van der Waals surface area (Å²) in [7, 11) is 0. The molecule has 0 amide bonds. The number of ether oxygens (including phenoxy) is 1. The van der Waals surface area contributed by atoms with E-state index in [9.17, 15) is 9.90 Å². The molecule has 1 fully saturated rings. The van der Waals surface area contributed by atoms with E-state index >= 15 is 0 Å². The smallest absolute Gasteiger partial charge is 0.338 e. The van der Waals surface area contributed by atoms with Crippen LogP contribution in [-0.2, 0) is 11.3 Å². The minimum Gasteiger partial charge on any atom is -0.457 e. The Morgan fingerprint density at radius 1 is 1.28 bits per heavy atom. The van der Waals surface area contributed by atoms with Crippen LogP contribution in [0.15, 0.2) is 49.1 Å². The number of aromatic nitrogens is 5. The number of rotatable bonds is 5. The van der Waals surface area contributed by atoms with Gasteiger partial charge in [-0.15, -0.1) is 5.10 Å². The van der Waals surface area contributed by atoms with Gasteiger partial charge in [0.25, 0.3) is 0 Å². The van der Waals surface area contributed by atoms with Crippen molar-refractivity contribution in [3.05, 3.63) is 60.2 Å². The highest BCUT2D eigenvalue weighted by Crippen LogP contribution is 2.27. The van der Waals surface area contributed by atoms with Crippen molar-refractivity contribution in [2.45, 2.75) is 25.5 Å². The fourth-order valence-corrected chi connectivity index (χ4v) is 4.34. The van der Waals surface area contributed by atoms with Crippen molar-refractivity contribution in [2.24, 2.45) is 0 Å². The van der Waals surface area contributed by atoms with Crippen molar-refractivity contribution >= 4 is 29.1 Å². The zero-order valence-corrected chi connectivity index (χ0v) is 17.2. The number of imidazole rings is 1. The van der Waals surface area contributed by atoms with Gasteiger partial charge in [0.1, 0.15) is 24.3 Å². The van der Waals surface area contributed by atoms with Gasteiger partial charge >= 0.3 is 5.97 Å². The summed E-state index contributed by atoms with van der Waals surface area (Å²) in [5.74, 6) is 1.52. The lowest BCUT2D eigenvalue weighted by Crippen LogP contribution is -2.34. The first-order valence-electron chi connectivity index (χ1n) is 10.5. The predicted molar refractivity (Wildman–Crippen MR) is 116 cm³/mol. The molecule has 0 aliphatic carbocycles. The predicted octanol–water partition coefficient (Wildman–Crippen LogP) is 2.29. The van der Waals surface area contributed by atoms with E-state index in [1.807, 2.05) is 52.2 Å². The molecule has 4 aromatic rings. The number of nitrogens with one attached hydrogen (secondary N) is 1. The summed E-state index contributed by atoms with van der Waals surface area (Å²) in [5.41, 5.74) is 3.13. The van der Waals surface area contributed by atoms with E-state index in [4.69, 9.17) is 9.72 Å². The number of fused-ring (bicyclic) bond motifs is 2. The van der Waals surface area contributed by atoms with Crippen LogP contribution >= 0.6 is 0 Å². The molecule has 162 valence electrons. The number of hydrogen-bond donors (Lipinski definition) is 2. The standard InChI is InChI=1S/C22H21N7O3/c30-11-16-3-1-7-28(16)22-25-20(18-4-2-8-29(18)26-22)24-19-10-27(13-23-19)15-6-5-14-12-32-21(31)17(14)9-15/h2,4-6,8-10,13,16,30H,1,3,7,11-12H2,(H,24,25,26). The van der Waals surface area contributed by atoms with Crippen molar-refractivity contribution in [3.8, 4) is 5.69 Å². The molecular formula is C22H21N7O3. The number of carbonyl (C=O) groups is 1. The van der Waals surface area contributed by atoms with E-state index in [0.29, 0.717) is 29.8 Å². The highest BCUT2D eigenvalue weighted by Gasteiger charge is 2.27. The summed E-state index contributed by atoms with van der Waals surface area (Å²) in [6.07, 6.45) is 7.32. The first-order valence-corrected chi connectivity index (χ1v) is 10.5. The monoisotopic (exact) mass is 431 g/mol. The van der Waals surface area contributed by atoms with E-state index in [1.54, 1.807) is 10.8 Å². The van der Waals surface area contributed by atoms with Gasteiger partial charge in [-0.3, -0.25) is 0 Å². The highest BCUT2D eigenvalue weighted by molar-refractivity contribution is 5.94. The Hall–Kier alpha value is -3.92. The summed E-state index contributed by atoms with van der Waals surface area (Å²) in [4.78, 5) is 23.1. The lowest BCUT2D eigenvalue weighted by Gasteiger charge is -2.23. The normalized spacial score (nSPS) is 17.7. The van der Waals surface area contributed by atoms with E-state index in [0.717, 1.165) is 36.2 Å². The molecule has 10 heteroatoms. The van der Waals surface area contributed by atoms with Crippen LogP contribution in [-0.4, -0.2) is 54.4 Å². The molecule has 2 aliphatic heterocycles. The van der Waals surface area contributed by atoms with Crippen LogP contribution in [0.25, 0.3) is 11.2 Å². The lowest BCUT2D eigenvalue weighted by molar-refractivity contribution is 0.0535. The summed E-state index contributed by atoms with van der Waals surface area (Å²) in [6.45, 7) is 1.21. The van der Waals surface area contributed by atoms with E-state index in [1.165, 1.54) is 0 Å². The van der Waals surface area contributed by atoms with Crippen molar-refractivity contribution in [1.29, 1.82) is 0 Å². The Morgan fingerprint density at radius 2 is 2.22 bits per heavy atom. The van der Waals surface area contributed by atoms with Crippen LogP contribution in [0.2, 0.25) is 0 Å². The second-order valence-corrected chi connectivity index (χ2v) is 7.98. The maximum atomic E-state index is 11.9.